The first-order chi connectivity index (χ1) is 11.3. The van der Waals surface area contributed by atoms with Crippen LogP contribution in [0, 0.1) is 0 Å². The Morgan fingerprint density at radius 1 is 1.21 bits per heavy atom. The van der Waals surface area contributed by atoms with E-state index in [-0.39, 0.29) is 36.0 Å². The van der Waals surface area contributed by atoms with E-state index < -0.39 is 16.1 Å². The SMILES string of the molecule is C=CC(=O)Nc1ccc(S(=O)(=O)N2CC3CC2CN3C(=O)O)cc1. The number of carbonyl (C=O) groups excluding carboxylic acids is 1. The number of nitrogens with one attached hydrogen (secondary N) is 1. The van der Waals surface area contributed by atoms with Crippen LogP contribution in [-0.4, -0.2) is 59.9 Å². The monoisotopic (exact) mass is 351 g/mol. The quantitative estimate of drug-likeness (QED) is 0.785. The molecule has 2 heterocycles. The summed E-state index contributed by atoms with van der Waals surface area (Å²) in [5, 5.41) is 11.6. The van der Waals surface area contributed by atoms with E-state index in [1.54, 1.807) is 0 Å². The van der Waals surface area contributed by atoms with Gasteiger partial charge in [0.1, 0.15) is 0 Å². The fraction of sp³-hybridized carbons (Fsp3) is 0.333. The molecule has 0 aromatic heterocycles. The third-order valence-electron chi connectivity index (χ3n) is 4.35. The molecule has 1 aromatic carbocycles. The minimum atomic E-state index is -3.69. The third kappa shape index (κ3) is 2.76. The minimum Gasteiger partial charge on any atom is -0.465 e. The maximum absolute atomic E-state index is 12.7. The van der Waals surface area contributed by atoms with Gasteiger partial charge in [-0.05, 0) is 36.8 Å². The van der Waals surface area contributed by atoms with Crippen LogP contribution in [0.5, 0.6) is 0 Å². The molecular formula is C15H17N3O5S. The number of likely N-dealkylation sites (tertiary alicyclic amines) is 1. The van der Waals surface area contributed by atoms with Crippen molar-refractivity contribution in [1.82, 2.24) is 9.21 Å². The Bertz CT molecular complexity index is 790. The van der Waals surface area contributed by atoms with Crippen LogP contribution in [0.2, 0.25) is 0 Å². The summed E-state index contributed by atoms with van der Waals surface area (Å²) in [6.45, 7) is 3.72. The van der Waals surface area contributed by atoms with Crippen LogP contribution in [0.25, 0.3) is 0 Å². The topological polar surface area (TPSA) is 107 Å². The summed E-state index contributed by atoms with van der Waals surface area (Å²) in [5.74, 6) is -0.378. The van der Waals surface area contributed by atoms with Gasteiger partial charge in [0, 0.05) is 24.8 Å². The maximum Gasteiger partial charge on any atom is 0.407 e. The third-order valence-corrected chi connectivity index (χ3v) is 6.28. The fourth-order valence-electron chi connectivity index (χ4n) is 3.20. The number of carboxylic acid groups (broad SMARTS) is 1. The van der Waals surface area contributed by atoms with Crippen LogP contribution in [0.15, 0.2) is 41.8 Å². The average Bonchev–Trinajstić information content (AvgIpc) is 3.16. The highest BCUT2D eigenvalue weighted by atomic mass is 32.2. The van der Waals surface area contributed by atoms with Crippen molar-refractivity contribution in [3.05, 3.63) is 36.9 Å². The lowest BCUT2D eigenvalue weighted by Gasteiger charge is -2.31. The lowest BCUT2D eigenvalue weighted by Crippen LogP contribution is -2.50. The summed E-state index contributed by atoms with van der Waals surface area (Å²) < 4.78 is 26.9. The highest BCUT2D eigenvalue weighted by molar-refractivity contribution is 7.89. The molecule has 8 nitrogen and oxygen atoms in total. The smallest absolute Gasteiger partial charge is 0.407 e. The van der Waals surface area contributed by atoms with E-state index in [1.807, 2.05) is 0 Å². The van der Waals surface area contributed by atoms with Crippen molar-refractivity contribution >= 4 is 27.7 Å². The van der Waals surface area contributed by atoms with E-state index >= 15 is 0 Å². The number of benzene rings is 1. The van der Waals surface area contributed by atoms with Crippen LogP contribution in [0.3, 0.4) is 0 Å². The number of hydrogen-bond donors (Lipinski definition) is 2. The molecule has 0 radical (unpaired) electrons. The Labute approximate surface area is 139 Å². The summed E-state index contributed by atoms with van der Waals surface area (Å²) in [4.78, 5) is 23.7. The van der Waals surface area contributed by atoms with Gasteiger partial charge >= 0.3 is 6.09 Å². The number of piperazine rings is 1. The van der Waals surface area contributed by atoms with Gasteiger partial charge in [0.15, 0.2) is 0 Å². The van der Waals surface area contributed by atoms with E-state index in [4.69, 9.17) is 5.11 Å². The number of anilines is 1. The van der Waals surface area contributed by atoms with Crippen molar-refractivity contribution in [2.45, 2.75) is 23.4 Å². The first-order valence-corrected chi connectivity index (χ1v) is 8.82. The molecule has 3 rings (SSSR count). The molecule has 2 N–H and O–H groups in total. The van der Waals surface area contributed by atoms with Crippen LogP contribution in [0.1, 0.15) is 6.42 Å². The van der Waals surface area contributed by atoms with Gasteiger partial charge < -0.3 is 15.3 Å². The molecule has 0 saturated carbocycles. The fourth-order valence-corrected chi connectivity index (χ4v) is 4.86. The predicted octanol–water partition coefficient (Wildman–Crippen LogP) is 0.936. The minimum absolute atomic E-state index is 0.119. The van der Waals surface area contributed by atoms with Crippen molar-refractivity contribution in [3.8, 4) is 0 Å². The van der Waals surface area contributed by atoms with Gasteiger partial charge in [-0.3, -0.25) is 4.79 Å². The molecule has 2 aliphatic rings. The zero-order valence-corrected chi connectivity index (χ0v) is 13.6. The second kappa shape index (κ2) is 5.91. The van der Waals surface area contributed by atoms with Gasteiger partial charge in [-0.1, -0.05) is 6.58 Å². The van der Waals surface area contributed by atoms with Crippen molar-refractivity contribution in [1.29, 1.82) is 0 Å². The number of hydrogen-bond acceptors (Lipinski definition) is 4. The van der Waals surface area contributed by atoms with E-state index in [1.165, 1.54) is 33.5 Å². The zero-order chi connectivity index (χ0) is 17.5. The van der Waals surface area contributed by atoms with E-state index in [9.17, 15) is 18.0 Å². The number of rotatable bonds is 4. The van der Waals surface area contributed by atoms with Crippen molar-refractivity contribution in [2.24, 2.45) is 0 Å². The van der Waals surface area contributed by atoms with Gasteiger partial charge in [0.05, 0.1) is 10.9 Å². The second-order valence-electron chi connectivity index (χ2n) is 5.77. The predicted molar refractivity (Wildman–Crippen MR) is 86.1 cm³/mol. The van der Waals surface area contributed by atoms with Crippen molar-refractivity contribution < 1.29 is 23.1 Å². The Morgan fingerprint density at radius 2 is 1.88 bits per heavy atom. The van der Waals surface area contributed by atoms with Gasteiger partial charge in [-0.15, -0.1) is 0 Å². The van der Waals surface area contributed by atoms with E-state index in [0.717, 1.165) is 6.08 Å². The van der Waals surface area contributed by atoms with Gasteiger partial charge in [0.2, 0.25) is 15.9 Å². The van der Waals surface area contributed by atoms with Gasteiger partial charge in [-0.25, -0.2) is 13.2 Å². The Balaban J connectivity index is 1.76. The standard InChI is InChI=1S/C15H17N3O5S/c1-2-14(19)16-10-3-5-13(6-4-10)24(22,23)18-9-11-7-12(18)8-17(11)15(20)21/h2-6,11-12H,1,7-9H2,(H,16,19)(H,20,21). The number of fused-ring (bicyclic) bond motifs is 2. The van der Waals surface area contributed by atoms with Crippen LogP contribution < -0.4 is 5.32 Å². The molecule has 2 atom stereocenters. The molecule has 2 saturated heterocycles. The lowest BCUT2D eigenvalue weighted by molar-refractivity contribution is -0.111. The van der Waals surface area contributed by atoms with E-state index in [0.29, 0.717) is 12.1 Å². The number of sulfonamides is 1. The van der Waals surface area contributed by atoms with Gasteiger partial charge in [-0.2, -0.15) is 4.31 Å². The Morgan fingerprint density at radius 3 is 2.38 bits per heavy atom. The summed E-state index contributed by atoms with van der Waals surface area (Å²) in [6, 6.07) is 5.26. The summed E-state index contributed by atoms with van der Waals surface area (Å²) in [7, 11) is -3.69. The summed E-state index contributed by atoms with van der Waals surface area (Å²) in [6.07, 6.45) is 0.639. The molecule has 2 unspecified atom stereocenters. The second-order valence-corrected chi connectivity index (χ2v) is 7.66. The first-order valence-electron chi connectivity index (χ1n) is 7.38. The molecule has 24 heavy (non-hydrogen) atoms. The van der Waals surface area contributed by atoms with Crippen LogP contribution >= 0.6 is 0 Å². The average molecular weight is 351 g/mol. The highest BCUT2D eigenvalue weighted by Gasteiger charge is 2.50. The summed E-state index contributed by atoms with van der Waals surface area (Å²) >= 11 is 0. The Kier molecular flexibility index (Phi) is 4.06. The molecule has 1 aromatic rings. The van der Waals surface area contributed by atoms with Crippen molar-refractivity contribution in [2.75, 3.05) is 18.4 Å². The maximum atomic E-state index is 12.7. The van der Waals surface area contributed by atoms with Crippen LogP contribution in [-0.2, 0) is 14.8 Å². The molecule has 2 aliphatic heterocycles. The molecule has 128 valence electrons. The molecule has 0 spiro atoms. The molecular weight excluding hydrogens is 334 g/mol. The molecule has 0 aliphatic carbocycles. The zero-order valence-electron chi connectivity index (χ0n) is 12.8. The molecule has 2 bridgehead atoms. The number of carbonyl (C=O) groups is 2. The molecule has 2 amide bonds. The molecule has 9 heteroatoms. The normalized spacial score (nSPS) is 23.2. The Hall–Kier alpha value is -2.39. The lowest BCUT2D eigenvalue weighted by atomic mass is 10.2. The molecule has 2 fully saturated rings. The van der Waals surface area contributed by atoms with Crippen LogP contribution in [0.4, 0.5) is 10.5 Å². The summed E-state index contributed by atoms with van der Waals surface area (Å²) in [5.41, 5.74) is 0.471. The number of amides is 2. The van der Waals surface area contributed by atoms with Gasteiger partial charge in [0.25, 0.3) is 0 Å². The highest BCUT2D eigenvalue weighted by Crippen LogP contribution is 2.35. The number of nitrogens with zero attached hydrogens (tertiary/aromatic N) is 2. The first kappa shape index (κ1) is 16.5. The van der Waals surface area contributed by atoms with Crippen molar-refractivity contribution in [3.63, 3.8) is 0 Å². The largest absolute Gasteiger partial charge is 0.465 e. The van der Waals surface area contributed by atoms with E-state index in [2.05, 4.69) is 11.9 Å².